The van der Waals surface area contributed by atoms with E-state index < -0.39 is 5.97 Å². The van der Waals surface area contributed by atoms with Gasteiger partial charge in [0.25, 0.3) is 0 Å². The summed E-state index contributed by atoms with van der Waals surface area (Å²) >= 11 is 0. The molecule has 1 N–H and O–H groups in total. The second-order valence-electron chi connectivity index (χ2n) is 6.69. The van der Waals surface area contributed by atoms with Crippen LogP contribution in [0.3, 0.4) is 0 Å². The van der Waals surface area contributed by atoms with Crippen molar-refractivity contribution in [1.29, 1.82) is 0 Å². The van der Waals surface area contributed by atoms with Crippen LogP contribution < -0.4 is 4.74 Å². The second kappa shape index (κ2) is 9.39. The van der Waals surface area contributed by atoms with E-state index in [0.29, 0.717) is 18.4 Å². The SMILES string of the molecule is CCC/C(=C\CC(=O)O)c1ccc(OCC(C)C)c(C(C)C)c1. The molecule has 0 saturated heterocycles. The fraction of sp³-hybridized carbons (Fsp3) is 0.550. The van der Waals surface area contributed by atoms with Crippen LogP contribution in [-0.4, -0.2) is 17.7 Å². The third-order valence-corrected chi connectivity index (χ3v) is 3.62. The fourth-order valence-electron chi connectivity index (χ4n) is 2.43. The Kier molecular flexibility index (Phi) is 7.87. The van der Waals surface area contributed by atoms with Gasteiger partial charge in [0.2, 0.25) is 0 Å². The standard InChI is InChI=1S/C20H30O3/c1-6-7-16(9-11-20(21)22)17-8-10-19(23-13-14(2)3)18(12-17)15(4)5/h8-10,12,14-15H,6-7,11,13H2,1-5H3,(H,21,22)/b16-9+. The molecular formula is C20H30O3. The summed E-state index contributed by atoms with van der Waals surface area (Å²) in [5.74, 6) is 0.992. The maximum Gasteiger partial charge on any atom is 0.307 e. The van der Waals surface area contributed by atoms with E-state index in [1.54, 1.807) is 0 Å². The molecule has 0 aliphatic heterocycles. The third kappa shape index (κ3) is 6.47. The molecule has 1 rings (SSSR count). The van der Waals surface area contributed by atoms with E-state index in [-0.39, 0.29) is 6.42 Å². The van der Waals surface area contributed by atoms with Gasteiger partial charge in [0.1, 0.15) is 5.75 Å². The first-order valence-corrected chi connectivity index (χ1v) is 8.53. The van der Waals surface area contributed by atoms with E-state index in [9.17, 15) is 4.79 Å². The van der Waals surface area contributed by atoms with E-state index in [4.69, 9.17) is 9.84 Å². The largest absolute Gasteiger partial charge is 0.493 e. The minimum atomic E-state index is -0.792. The van der Waals surface area contributed by atoms with Gasteiger partial charge in [0.05, 0.1) is 13.0 Å². The molecule has 0 spiro atoms. The van der Waals surface area contributed by atoms with Crippen LogP contribution >= 0.6 is 0 Å². The zero-order valence-electron chi connectivity index (χ0n) is 15.1. The van der Waals surface area contributed by atoms with Crippen molar-refractivity contribution in [3.63, 3.8) is 0 Å². The van der Waals surface area contributed by atoms with Crippen molar-refractivity contribution in [2.24, 2.45) is 5.92 Å². The molecule has 0 aromatic heterocycles. The van der Waals surface area contributed by atoms with Gasteiger partial charge in [-0.3, -0.25) is 4.79 Å². The molecule has 128 valence electrons. The van der Waals surface area contributed by atoms with Gasteiger partial charge >= 0.3 is 5.97 Å². The Labute approximate surface area is 140 Å². The lowest BCUT2D eigenvalue weighted by molar-refractivity contribution is -0.135. The van der Waals surface area contributed by atoms with Gasteiger partial charge in [0, 0.05) is 0 Å². The molecule has 0 radical (unpaired) electrons. The summed E-state index contributed by atoms with van der Waals surface area (Å²) in [6.07, 6.45) is 3.78. The van der Waals surface area contributed by atoms with Crippen LogP contribution in [0.2, 0.25) is 0 Å². The van der Waals surface area contributed by atoms with Crippen molar-refractivity contribution in [2.75, 3.05) is 6.61 Å². The van der Waals surface area contributed by atoms with Crippen LogP contribution in [0.1, 0.15) is 70.9 Å². The highest BCUT2D eigenvalue weighted by Gasteiger charge is 2.12. The minimum Gasteiger partial charge on any atom is -0.493 e. The number of hydrogen-bond acceptors (Lipinski definition) is 2. The van der Waals surface area contributed by atoms with Gasteiger partial charge in [0.15, 0.2) is 0 Å². The van der Waals surface area contributed by atoms with E-state index in [1.807, 2.05) is 18.2 Å². The summed E-state index contributed by atoms with van der Waals surface area (Å²) in [5.41, 5.74) is 3.39. The van der Waals surface area contributed by atoms with Crippen molar-refractivity contribution in [2.45, 2.75) is 59.8 Å². The van der Waals surface area contributed by atoms with E-state index >= 15 is 0 Å². The summed E-state index contributed by atoms with van der Waals surface area (Å²) in [7, 11) is 0. The quantitative estimate of drug-likeness (QED) is 0.653. The summed E-state index contributed by atoms with van der Waals surface area (Å²) in [5, 5.41) is 8.92. The number of aliphatic carboxylic acids is 1. The number of rotatable bonds is 9. The molecule has 0 bridgehead atoms. The molecule has 3 nitrogen and oxygen atoms in total. The summed E-state index contributed by atoms with van der Waals surface area (Å²) in [4.78, 5) is 10.9. The van der Waals surface area contributed by atoms with Crippen molar-refractivity contribution in [3.05, 3.63) is 35.4 Å². The highest BCUT2D eigenvalue weighted by Crippen LogP contribution is 2.31. The molecule has 0 heterocycles. The number of ether oxygens (including phenoxy) is 1. The molecule has 0 aliphatic carbocycles. The van der Waals surface area contributed by atoms with E-state index in [2.05, 4.69) is 40.7 Å². The highest BCUT2D eigenvalue weighted by atomic mass is 16.5. The van der Waals surface area contributed by atoms with Gasteiger partial charge in [-0.25, -0.2) is 0 Å². The molecule has 0 unspecified atom stereocenters. The molecule has 0 atom stereocenters. The average molecular weight is 318 g/mol. The predicted molar refractivity (Wildman–Crippen MR) is 96.0 cm³/mol. The summed E-state index contributed by atoms with van der Waals surface area (Å²) in [6.45, 7) is 11.4. The predicted octanol–water partition coefficient (Wildman–Crippen LogP) is 5.50. The van der Waals surface area contributed by atoms with Crippen LogP contribution in [0.4, 0.5) is 0 Å². The summed E-state index contributed by atoms with van der Waals surface area (Å²) in [6, 6.07) is 6.23. The Hall–Kier alpha value is -1.77. The first kappa shape index (κ1) is 19.3. The summed E-state index contributed by atoms with van der Waals surface area (Å²) < 4.78 is 5.94. The maximum atomic E-state index is 10.9. The smallest absolute Gasteiger partial charge is 0.307 e. The van der Waals surface area contributed by atoms with Gasteiger partial charge in [-0.2, -0.15) is 0 Å². The van der Waals surface area contributed by atoms with Crippen LogP contribution in [0.25, 0.3) is 5.57 Å². The first-order valence-electron chi connectivity index (χ1n) is 8.53. The van der Waals surface area contributed by atoms with Crippen molar-refractivity contribution in [1.82, 2.24) is 0 Å². The van der Waals surface area contributed by atoms with Crippen molar-refractivity contribution >= 4 is 11.5 Å². The van der Waals surface area contributed by atoms with Gasteiger partial charge in [-0.1, -0.05) is 53.2 Å². The molecule has 3 heteroatoms. The Morgan fingerprint density at radius 1 is 1.26 bits per heavy atom. The van der Waals surface area contributed by atoms with E-state index in [0.717, 1.165) is 29.7 Å². The number of allylic oxidation sites excluding steroid dienone is 1. The Morgan fingerprint density at radius 2 is 1.96 bits per heavy atom. The minimum absolute atomic E-state index is 0.0674. The topological polar surface area (TPSA) is 46.5 Å². The van der Waals surface area contributed by atoms with E-state index in [1.165, 1.54) is 5.56 Å². The average Bonchev–Trinajstić information content (AvgIpc) is 2.49. The molecule has 0 fully saturated rings. The number of hydrogen-bond donors (Lipinski definition) is 1. The fourth-order valence-corrected chi connectivity index (χ4v) is 2.43. The Balaban J connectivity index is 3.13. The number of carbonyl (C=O) groups is 1. The lowest BCUT2D eigenvalue weighted by Crippen LogP contribution is -2.07. The molecule has 23 heavy (non-hydrogen) atoms. The monoisotopic (exact) mass is 318 g/mol. The third-order valence-electron chi connectivity index (χ3n) is 3.62. The molecular weight excluding hydrogens is 288 g/mol. The maximum absolute atomic E-state index is 10.9. The van der Waals surface area contributed by atoms with Crippen LogP contribution in [0.5, 0.6) is 5.75 Å². The first-order chi connectivity index (χ1) is 10.8. The highest BCUT2D eigenvalue weighted by molar-refractivity contribution is 5.74. The van der Waals surface area contributed by atoms with Crippen LogP contribution in [0.15, 0.2) is 24.3 Å². The zero-order chi connectivity index (χ0) is 17.4. The van der Waals surface area contributed by atoms with Crippen LogP contribution in [-0.2, 0) is 4.79 Å². The number of carboxylic acid groups (broad SMARTS) is 1. The normalized spacial score (nSPS) is 12.0. The van der Waals surface area contributed by atoms with Crippen molar-refractivity contribution < 1.29 is 14.6 Å². The lowest BCUT2D eigenvalue weighted by Gasteiger charge is -2.18. The lowest BCUT2D eigenvalue weighted by atomic mass is 9.94. The van der Waals surface area contributed by atoms with Gasteiger partial charge < -0.3 is 9.84 Å². The molecule has 0 aliphatic rings. The van der Waals surface area contributed by atoms with Crippen molar-refractivity contribution in [3.8, 4) is 5.75 Å². The molecule has 1 aromatic carbocycles. The second-order valence-corrected chi connectivity index (χ2v) is 6.69. The molecule has 1 aromatic rings. The molecule has 0 amide bonds. The Morgan fingerprint density at radius 3 is 2.48 bits per heavy atom. The Bertz CT molecular complexity index is 542. The van der Waals surface area contributed by atoms with Gasteiger partial charge in [-0.15, -0.1) is 0 Å². The number of carboxylic acids is 1. The molecule has 0 saturated carbocycles. The van der Waals surface area contributed by atoms with Gasteiger partial charge in [-0.05, 0) is 47.1 Å². The zero-order valence-corrected chi connectivity index (χ0v) is 15.1. The number of benzene rings is 1. The van der Waals surface area contributed by atoms with Crippen LogP contribution in [0, 0.1) is 5.92 Å².